The van der Waals surface area contributed by atoms with Crippen LogP contribution in [0.1, 0.15) is 62.8 Å². The van der Waals surface area contributed by atoms with Crippen LogP contribution < -0.4 is 10.6 Å². The minimum absolute atomic E-state index is 0.0293. The molecule has 2 aromatic carbocycles. The van der Waals surface area contributed by atoms with Crippen molar-refractivity contribution in [2.24, 2.45) is 5.92 Å². The van der Waals surface area contributed by atoms with Crippen LogP contribution in [0, 0.1) is 11.7 Å². The zero-order valence-corrected chi connectivity index (χ0v) is 18.6. The Bertz CT molecular complexity index is 988. The molecule has 0 heterocycles. The third-order valence-corrected chi connectivity index (χ3v) is 6.00. The second-order valence-corrected chi connectivity index (χ2v) is 9.94. The van der Waals surface area contributed by atoms with E-state index in [2.05, 4.69) is 55.7 Å². The van der Waals surface area contributed by atoms with E-state index in [9.17, 15) is 17.6 Å². The molecule has 0 bridgehead atoms. The fraction of sp³-hybridized carbons (Fsp3) is 0.435. The summed E-state index contributed by atoms with van der Waals surface area (Å²) in [6.45, 7) is 8.33. The zero-order valence-electron chi connectivity index (χ0n) is 17.7. The number of anilines is 1. The van der Waals surface area contributed by atoms with Crippen LogP contribution in [0.5, 0.6) is 0 Å². The van der Waals surface area contributed by atoms with Gasteiger partial charge in [-0.2, -0.15) is 0 Å². The van der Waals surface area contributed by atoms with Gasteiger partial charge in [0.15, 0.2) is 10.7 Å². The molecule has 162 valence electrons. The van der Waals surface area contributed by atoms with Gasteiger partial charge < -0.3 is 10.6 Å². The molecule has 7 heteroatoms. The van der Waals surface area contributed by atoms with E-state index in [0.717, 1.165) is 6.42 Å². The number of benzene rings is 2. The van der Waals surface area contributed by atoms with Crippen molar-refractivity contribution >= 4 is 22.3 Å². The van der Waals surface area contributed by atoms with Crippen LogP contribution in [0.25, 0.3) is 0 Å². The number of amides is 1. The summed E-state index contributed by atoms with van der Waals surface area (Å²) in [6, 6.07) is 12.6. The molecule has 1 fully saturated rings. The molecule has 30 heavy (non-hydrogen) atoms. The predicted molar refractivity (Wildman–Crippen MR) is 118 cm³/mol. The van der Waals surface area contributed by atoms with E-state index in [-0.39, 0.29) is 40.8 Å². The minimum atomic E-state index is -2.64. The van der Waals surface area contributed by atoms with Gasteiger partial charge in [-0.3, -0.25) is 4.79 Å². The topological polar surface area (TPSA) is 75.3 Å². The molecule has 0 radical (unpaired) electrons. The molecule has 0 aromatic heterocycles. The number of thiol groups is 1. The summed E-state index contributed by atoms with van der Waals surface area (Å²) in [5, 5.41) is 5.49. The third kappa shape index (κ3) is 5.39. The van der Waals surface area contributed by atoms with Crippen molar-refractivity contribution in [3.05, 3.63) is 65.0 Å². The predicted octanol–water partition coefficient (Wildman–Crippen LogP) is 4.08. The van der Waals surface area contributed by atoms with E-state index in [0.29, 0.717) is 5.56 Å². The number of carbonyl (C=O) groups is 1. The summed E-state index contributed by atoms with van der Waals surface area (Å²) in [7, 11) is -2.64. The SMILES string of the molecule is C[C@@H](NC(=O)C1CC1c1ccc(C(C)(C)C)cc1)c1ccc(NC[SH](=O)=O)c(F)c1. The molecule has 3 rings (SSSR count). The van der Waals surface area contributed by atoms with Gasteiger partial charge >= 0.3 is 0 Å². The lowest BCUT2D eigenvalue weighted by Gasteiger charge is -2.19. The summed E-state index contributed by atoms with van der Waals surface area (Å²) >= 11 is 0. The van der Waals surface area contributed by atoms with Gasteiger partial charge in [-0.05, 0) is 53.5 Å². The van der Waals surface area contributed by atoms with Crippen molar-refractivity contribution in [3.8, 4) is 0 Å². The number of hydrogen-bond donors (Lipinski definition) is 3. The number of rotatable bonds is 7. The summed E-state index contributed by atoms with van der Waals surface area (Å²) in [4.78, 5) is 12.6. The van der Waals surface area contributed by atoms with E-state index >= 15 is 0 Å². The van der Waals surface area contributed by atoms with Gasteiger partial charge in [0.25, 0.3) is 0 Å². The second-order valence-electron chi connectivity index (χ2n) is 8.96. The van der Waals surface area contributed by atoms with Crippen LogP contribution in [-0.4, -0.2) is 20.2 Å². The highest BCUT2D eigenvalue weighted by Crippen LogP contribution is 2.48. The normalized spacial score (nSPS) is 19.4. The fourth-order valence-corrected chi connectivity index (χ4v) is 3.88. The summed E-state index contributed by atoms with van der Waals surface area (Å²) in [6.07, 6.45) is 0.817. The lowest BCUT2D eigenvalue weighted by atomic mass is 9.86. The van der Waals surface area contributed by atoms with Crippen LogP contribution in [-0.2, 0) is 20.9 Å². The Morgan fingerprint density at radius 2 is 1.83 bits per heavy atom. The molecule has 2 aromatic rings. The molecule has 3 atom stereocenters. The highest BCUT2D eigenvalue weighted by Gasteiger charge is 2.44. The highest BCUT2D eigenvalue weighted by atomic mass is 32.2. The number of hydrogen-bond acceptors (Lipinski definition) is 4. The van der Waals surface area contributed by atoms with Crippen LogP contribution >= 0.6 is 0 Å². The van der Waals surface area contributed by atoms with Crippen molar-refractivity contribution in [3.63, 3.8) is 0 Å². The zero-order chi connectivity index (χ0) is 22.1. The van der Waals surface area contributed by atoms with Crippen molar-refractivity contribution in [2.75, 3.05) is 11.2 Å². The second kappa shape index (κ2) is 8.76. The Morgan fingerprint density at radius 1 is 1.17 bits per heavy atom. The summed E-state index contributed by atoms with van der Waals surface area (Å²) in [5.74, 6) is -0.736. The van der Waals surface area contributed by atoms with Gasteiger partial charge in [-0.15, -0.1) is 0 Å². The number of nitrogens with one attached hydrogen (secondary N) is 2. The molecule has 5 nitrogen and oxygen atoms in total. The average Bonchev–Trinajstić information content (AvgIpc) is 3.47. The lowest BCUT2D eigenvalue weighted by Crippen LogP contribution is -2.28. The smallest absolute Gasteiger partial charge is 0.224 e. The van der Waals surface area contributed by atoms with Crippen molar-refractivity contribution in [1.29, 1.82) is 0 Å². The maximum absolute atomic E-state index is 14.2. The van der Waals surface area contributed by atoms with Gasteiger partial charge in [0.2, 0.25) is 5.91 Å². The van der Waals surface area contributed by atoms with Gasteiger partial charge in [0, 0.05) is 5.92 Å². The number of carbonyl (C=O) groups excluding carboxylic acids is 1. The van der Waals surface area contributed by atoms with Crippen molar-refractivity contribution in [1.82, 2.24) is 5.32 Å². The van der Waals surface area contributed by atoms with Crippen LogP contribution in [0.2, 0.25) is 0 Å². The van der Waals surface area contributed by atoms with Gasteiger partial charge in [0.1, 0.15) is 11.7 Å². The molecular weight excluding hydrogens is 403 g/mol. The average molecular weight is 433 g/mol. The summed E-state index contributed by atoms with van der Waals surface area (Å²) < 4.78 is 35.5. The monoisotopic (exact) mass is 432 g/mol. The Balaban J connectivity index is 1.58. The first-order valence-corrected chi connectivity index (χ1v) is 11.5. The van der Waals surface area contributed by atoms with Crippen LogP contribution in [0.4, 0.5) is 10.1 Å². The van der Waals surface area contributed by atoms with E-state index < -0.39 is 16.5 Å². The molecule has 0 saturated heterocycles. The van der Waals surface area contributed by atoms with Crippen LogP contribution in [0.15, 0.2) is 42.5 Å². The number of halogens is 1. The van der Waals surface area contributed by atoms with Crippen LogP contribution in [0.3, 0.4) is 0 Å². The molecule has 2 unspecified atom stereocenters. The molecule has 0 spiro atoms. The van der Waals surface area contributed by atoms with E-state index in [1.165, 1.54) is 23.3 Å². The van der Waals surface area contributed by atoms with E-state index in [1.807, 2.05) is 6.92 Å². The maximum atomic E-state index is 14.2. The molecule has 1 aliphatic carbocycles. The van der Waals surface area contributed by atoms with Gasteiger partial charge in [-0.25, -0.2) is 12.8 Å². The Kier molecular flexibility index (Phi) is 6.50. The lowest BCUT2D eigenvalue weighted by molar-refractivity contribution is -0.123. The first-order chi connectivity index (χ1) is 14.1. The molecule has 1 aliphatic rings. The van der Waals surface area contributed by atoms with Crippen molar-refractivity contribution in [2.45, 2.75) is 51.5 Å². The first-order valence-electron chi connectivity index (χ1n) is 10.1. The fourth-order valence-electron chi connectivity index (χ4n) is 3.58. The largest absolute Gasteiger partial charge is 0.369 e. The molecule has 1 amide bonds. The molecule has 0 aliphatic heterocycles. The maximum Gasteiger partial charge on any atom is 0.224 e. The Morgan fingerprint density at radius 3 is 2.40 bits per heavy atom. The molecule has 2 N–H and O–H groups in total. The minimum Gasteiger partial charge on any atom is -0.369 e. The third-order valence-electron chi connectivity index (χ3n) is 5.58. The van der Waals surface area contributed by atoms with Gasteiger partial charge in [-0.1, -0.05) is 51.1 Å². The van der Waals surface area contributed by atoms with Gasteiger partial charge in [0.05, 0.1) is 11.7 Å². The first kappa shape index (κ1) is 22.3. The standard InChI is InChI=1S/C23H29FN2O3S/c1-14(16-7-10-21(20(24)11-16)25-13-30(28)29)26-22(27)19-12-18(19)15-5-8-17(9-6-15)23(2,3)4/h5-11,14,18-19,25,30H,12-13H2,1-4H3,(H,26,27)/t14-,18?,19?/m1/s1. The van der Waals surface area contributed by atoms with E-state index in [1.54, 1.807) is 6.07 Å². The van der Waals surface area contributed by atoms with E-state index in [4.69, 9.17) is 0 Å². The Labute approximate surface area is 179 Å². The Hall–Kier alpha value is -2.41. The molecule has 1 saturated carbocycles. The quantitative estimate of drug-likeness (QED) is 0.576. The summed E-state index contributed by atoms with van der Waals surface area (Å²) in [5.41, 5.74) is 3.29. The highest BCUT2D eigenvalue weighted by molar-refractivity contribution is 7.72. The van der Waals surface area contributed by atoms with Crippen molar-refractivity contribution < 1.29 is 17.6 Å². The molecular formula is C23H29FN2O3S.